The zero-order chi connectivity index (χ0) is 19.4. The maximum absolute atomic E-state index is 12.6. The van der Waals surface area contributed by atoms with E-state index in [1.807, 2.05) is 24.0 Å². The van der Waals surface area contributed by atoms with E-state index in [1.165, 1.54) is 0 Å². The first-order chi connectivity index (χ1) is 12.9. The fraction of sp³-hybridized carbons (Fsp3) is 0.714. The normalized spacial score (nSPS) is 22.6. The number of amides is 1. The average Bonchev–Trinajstić information content (AvgIpc) is 2.67. The van der Waals surface area contributed by atoms with Crippen LogP contribution in [0.4, 0.5) is 0 Å². The Morgan fingerprint density at radius 1 is 1.19 bits per heavy atom. The highest BCUT2D eigenvalue weighted by molar-refractivity contribution is 5.76. The molecule has 0 saturated carbocycles. The minimum Gasteiger partial charge on any atom is -0.383 e. The molecule has 150 valence electrons. The van der Waals surface area contributed by atoms with Crippen LogP contribution in [0.25, 0.3) is 0 Å². The summed E-state index contributed by atoms with van der Waals surface area (Å²) < 4.78 is 0. The van der Waals surface area contributed by atoms with Crippen molar-refractivity contribution < 1.29 is 9.90 Å². The van der Waals surface area contributed by atoms with Crippen LogP contribution in [-0.2, 0) is 10.4 Å². The zero-order valence-corrected chi connectivity index (χ0v) is 17.0. The predicted molar refractivity (Wildman–Crippen MR) is 106 cm³/mol. The fourth-order valence-electron chi connectivity index (χ4n) is 4.06. The first-order valence-electron chi connectivity index (χ1n) is 10.2. The summed E-state index contributed by atoms with van der Waals surface area (Å²) in [6.07, 6.45) is 4.41. The summed E-state index contributed by atoms with van der Waals surface area (Å²) in [6, 6.07) is 4.34. The molecule has 1 aromatic heterocycles. The van der Waals surface area contributed by atoms with E-state index in [1.54, 1.807) is 6.20 Å². The Balaban J connectivity index is 1.45. The molecule has 1 amide bonds. The second-order valence-electron chi connectivity index (χ2n) is 8.36. The van der Waals surface area contributed by atoms with Crippen LogP contribution in [0, 0.1) is 6.92 Å². The lowest BCUT2D eigenvalue weighted by molar-refractivity contribution is -0.136. The standard InChI is InChI=1S/C21H34N4O2/c1-17-4-6-19(22-16-17)21(27)8-10-25(11-9-21)20(26)7-5-18(2)24-14-12-23(3)13-15-24/h4,6,16,18,27H,5,7-15H2,1-3H3/t18-/m1/s1. The summed E-state index contributed by atoms with van der Waals surface area (Å²) in [5.41, 5.74) is 0.908. The third kappa shape index (κ3) is 5.06. The number of likely N-dealkylation sites (N-methyl/N-ethyl adjacent to an activating group) is 1. The molecule has 2 aliphatic heterocycles. The van der Waals surface area contributed by atoms with Gasteiger partial charge in [-0.2, -0.15) is 0 Å². The van der Waals surface area contributed by atoms with Crippen molar-refractivity contribution in [1.82, 2.24) is 19.7 Å². The molecule has 1 N–H and O–H groups in total. The number of aryl methyl sites for hydroxylation is 1. The molecule has 1 atom stereocenters. The first kappa shape index (κ1) is 20.2. The number of hydrogen-bond donors (Lipinski definition) is 1. The minimum atomic E-state index is -0.905. The van der Waals surface area contributed by atoms with Gasteiger partial charge in [-0.05, 0) is 51.8 Å². The SMILES string of the molecule is Cc1ccc(C2(O)CCN(C(=O)CC[C@@H](C)N3CCN(C)CC3)CC2)nc1. The van der Waals surface area contributed by atoms with Crippen molar-refractivity contribution in [2.24, 2.45) is 0 Å². The molecule has 27 heavy (non-hydrogen) atoms. The third-order valence-corrected chi connectivity index (χ3v) is 6.27. The zero-order valence-electron chi connectivity index (χ0n) is 17.0. The van der Waals surface area contributed by atoms with Crippen LogP contribution in [-0.4, -0.2) is 83.1 Å². The summed E-state index contributed by atoms with van der Waals surface area (Å²) in [6.45, 7) is 9.83. The van der Waals surface area contributed by atoms with Gasteiger partial charge in [-0.1, -0.05) is 6.07 Å². The Morgan fingerprint density at radius 2 is 1.85 bits per heavy atom. The van der Waals surface area contributed by atoms with E-state index in [0.717, 1.165) is 43.9 Å². The topological polar surface area (TPSA) is 59.9 Å². The molecule has 2 saturated heterocycles. The highest BCUT2D eigenvalue weighted by Gasteiger charge is 2.36. The van der Waals surface area contributed by atoms with E-state index in [2.05, 4.69) is 28.8 Å². The molecule has 2 aliphatic rings. The summed E-state index contributed by atoms with van der Waals surface area (Å²) in [5, 5.41) is 10.9. The highest BCUT2D eigenvalue weighted by Crippen LogP contribution is 2.32. The van der Waals surface area contributed by atoms with Crippen LogP contribution in [0.5, 0.6) is 0 Å². The molecule has 6 nitrogen and oxygen atoms in total. The van der Waals surface area contributed by atoms with Gasteiger partial charge in [-0.15, -0.1) is 0 Å². The summed E-state index contributed by atoms with van der Waals surface area (Å²) >= 11 is 0. The number of piperazine rings is 1. The molecule has 0 aliphatic carbocycles. The van der Waals surface area contributed by atoms with Crippen LogP contribution >= 0.6 is 0 Å². The molecular weight excluding hydrogens is 340 g/mol. The maximum Gasteiger partial charge on any atom is 0.222 e. The second-order valence-corrected chi connectivity index (χ2v) is 8.36. The van der Waals surface area contributed by atoms with Gasteiger partial charge < -0.3 is 14.9 Å². The lowest BCUT2D eigenvalue weighted by Gasteiger charge is -2.39. The largest absolute Gasteiger partial charge is 0.383 e. The summed E-state index contributed by atoms with van der Waals surface area (Å²) in [4.78, 5) is 23.8. The van der Waals surface area contributed by atoms with E-state index < -0.39 is 5.60 Å². The molecule has 2 fully saturated rings. The Kier molecular flexibility index (Phi) is 6.50. The quantitative estimate of drug-likeness (QED) is 0.849. The van der Waals surface area contributed by atoms with Gasteiger partial charge in [-0.3, -0.25) is 14.7 Å². The van der Waals surface area contributed by atoms with Gasteiger partial charge in [0.15, 0.2) is 0 Å². The van der Waals surface area contributed by atoms with Gasteiger partial charge in [-0.25, -0.2) is 0 Å². The van der Waals surface area contributed by atoms with Gasteiger partial charge in [0.05, 0.1) is 5.69 Å². The molecule has 3 rings (SSSR count). The smallest absolute Gasteiger partial charge is 0.222 e. The number of rotatable bonds is 5. The third-order valence-electron chi connectivity index (χ3n) is 6.27. The summed E-state index contributed by atoms with van der Waals surface area (Å²) in [7, 11) is 2.16. The molecule has 0 spiro atoms. The predicted octanol–water partition coefficient (Wildman–Crippen LogP) is 1.62. The van der Waals surface area contributed by atoms with Crippen molar-refractivity contribution in [2.75, 3.05) is 46.3 Å². The lowest BCUT2D eigenvalue weighted by atomic mass is 9.87. The van der Waals surface area contributed by atoms with Gasteiger partial charge in [0.25, 0.3) is 0 Å². The Hall–Kier alpha value is -1.50. The van der Waals surface area contributed by atoms with Gasteiger partial charge in [0.2, 0.25) is 5.91 Å². The number of hydrogen-bond acceptors (Lipinski definition) is 5. The molecule has 0 bridgehead atoms. The maximum atomic E-state index is 12.6. The van der Waals surface area contributed by atoms with Crippen LogP contribution in [0.3, 0.4) is 0 Å². The van der Waals surface area contributed by atoms with Crippen molar-refractivity contribution in [3.8, 4) is 0 Å². The van der Waals surface area contributed by atoms with Crippen molar-refractivity contribution in [1.29, 1.82) is 0 Å². The van der Waals surface area contributed by atoms with Gasteiger partial charge >= 0.3 is 0 Å². The van der Waals surface area contributed by atoms with E-state index in [4.69, 9.17) is 0 Å². The highest BCUT2D eigenvalue weighted by atomic mass is 16.3. The van der Waals surface area contributed by atoms with Crippen LogP contribution in [0.2, 0.25) is 0 Å². The van der Waals surface area contributed by atoms with Crippen LogP contribution < -0.4 is 0 Å². The number of carbonyl (C=O) groups excluding carboxylic acids is 1. The molecule has 1 aromatic rings. The average molecular weight is 375 g/mol. The Labute approximate surface area is 163 Å². The van der Waals surface area contributed by atoms with Crippen LogP contribution in [0.15, 0.2) is 18.3 Å². The number of likely N-dealkylation sites (tertiary alicyclic amines) is 1. The Bertz CT molecular complexity index is 618. The van der Waals surface area contributed by atoms with Crippen molar-refractivity contribution >= 4 is 5.91 Å². The molecule has 0 aromatic carbocycles. The van der Waals surface area contributed by atoms with E-state index in [-0.39, 0.29) is 5.91 Å². The van der Waals surface area contributed by atoms with Crippen molar-refractivity contribution in [3.05, 3.63) is 29.6 Å². The minimum absolute atomic E-state index is 0.217. The molecular formula is C21H34N4O2. The van der Waals surface area contributed by atoms with E-state index >= 15 is 0 Å². The monoisotopic (exact) mass is 374 g/mol. The lowest BCUT2D eigenvalue weighted by Crippen LogP contribution is -2.48. The van der Waals surface area contributed by atoms with E-state index in [0.29, 0.717) is 38.4 Å². The number of piperidine rings is 1. The Morgan fingerprint density at radius 3 is 2.44 bits per heavy atom. The summed E-state index contributed by atoms with van der Waals surface area (Å²) in [5.74, 6) is 0.217. The van der Waals surface area contributed by atoms with E-state index in [9.17, 15) is 9.90 Å². The molecule has 0 radical (unpaired) electrons. The number of nitrogens with zero attached hydrogens (tertiary/aromatic N) is 4. The van der Waals surface area contributed by atoms with Crippen LogP contribution in [0.1, 0.15) is 43.9 Å². The molecule has 6 heteroatoms. The second kappa shape index (κ2) is 8.67. The van der Waals surface area contributed by atoms with Crippen molar-refractivity contribution in [3.63, 3.8) is 0 Å². The van der Waals surface area contributed by atoms with Gasteiger partial charge in [0, 0.05) is 57.9 Å². The number of aromatic nitrogens is 1. The fourth-order valence-corrected chi connectivity index (χ4v) is 4.06. The molecule has 0 unspecified atom stereocenters. The number of aliphatic hydroxyl groups is 1. The first-order valence-corrected chi connectivity index (χ1v) is 10.2. The van der Waals surface area contributed by atoms with Gasteiger partial charge in [0.1, 0.15) is 5.60 Å². The van der Waals surface area contributed by atoms with Crippen molar-refractivity contribution in [2.45, 2.75) is 51.2 Å². The molecule has 3 heterocycles. The number of pyridine rings is 1. The number of carbonyl (C=O) groups is 1.